The Morgan fingerprint density at radius 1 is 1.34 bits per heavy atom. The van der Waals surface area contributed by atoms with Crippen LogP contribution in [0.15, 0.2) is 42.7 Å². The molecule has 0 bridgehead atoms. The average molecular weight is 528 g/mol. The van der Waals surface area contributed by atoms with Crippen LogP contribution in [-0.4, -0.2) is 62.4 Å². The minimum atomic E-state index is -0.584. The number of hydrogen-bond donors (Lipinski definition) is 2. The molecule has 5 rings (SSSR count). The number of benzene rings is 1. The molecular formula is C24H25FN6O7. The quantitative estimate of drug-likeness (QED) is 0.361. The standard InChI is InChI=1S/C18H18FN3O4.C6H7N3O3/c1-11(24)21-8-15-9-22(18(25)26-15)14-2-3-16(17(19)7-14)12-4-5-20-13(6-12)10-23;10-9(11)5-4-8-2-1-3-12-6(8)7-5/h2-7,15,23H,8-10H2,1H3,(H,21,24);4H,1-3H2. The average Bonchev–Trinajstić information content (AvgIpc) is 3.51. The van der Waals surface area contributed by atoms with Crippen molar-refractivity contribution in [2.75, 3.05) is 24.6 Å². The van der Waals surface area contributed by atoms with Crippen molar-refractivity contribution in [1.29, 1.82) is 0 Å². The van der Waals surface area contributed by atoms with E-state index in [1.165, 1.54) is 30.3 Å². The molecule has 1 aromatic carbocycles. The number of pyridine rings is 1. The number of aliphatic hydroxyl groups excluding tert-OH is 1. The van der Waals surface area contributed by atoms with Gasteiger partial charge in [0.15, 0.2) is 0 Å². The fourth-order valence-corrected chi connectivity index (χ4v) is 3.88. The second-order valence-electron chi connectivity index (χ2n) is 8.45. The van der Waals surface area contributed by atoms with Crippen LogP contribution in [0.25, 0.3) is 11.1 Å². The predicted molar refractivity (Wildman–Crippen MR) is 131 cm³/mol. The van der Waals surface area contributed by atoms with Crippen molar-refractivity contribution in [3.8, 4) is 17.1 Å². The van der Waals surface area contributed by atoms with Crippen molar-refractivity contribution in [1.82, 2.24) is 19.9 Å². The van der Waals surface area contributed by atoms with Gasteiger partial charge in [0.25, 0.3) is 0 Å². The van der Waals surface area contributed by atoms with E-state index in [4.69, 9.17) is 14.6 Å². The Labute approximate surface area is 216 Å². The maximum atomic E-state index is 14.6. The number of anilines is 1. The first kappa shape index (κ1) is 26.5. The number of hydrogen-bond acceptors (Lipinski definition) is 9. The highest BCUT2D eigenvalue weighted by atomic mass is 19.1. The van der Waals surface area contributed by atoms with E-state index in [0.29, 0.717) is 35.1 Å². The van der Waals surface area contributed by atoms with Crippen molar-refractivity contribution in [3.63, 3.8) is 0 Å². The molecule has 1 unspecified atom stereocenters. The summed E-state index contributed by atoms with van der Waals surface area (Å²) >= 11 is 0. The zero-order chi connectivity index (χ0) is 27.2. The topological polar surface area (TPSA) is 162 Å². The lowest BCUT2D eigenvalue weighted by Gasteiger charge is -2.14. The second kappa shape index (κ2) is 11.6. The smallest absolute Gasteiger partial charge is 0.414 e. The molecule has 1 fully saturated rings. The summed E-state index contributed by atoms with van der Waals surface area (Å²) in [7, 11) is 0. The van der Waals surface area contributed by atoms with E-state index in [9.17, 15) is 24.1 Å². The minimum Gasteiger partial charge on any atom is -0.446 e. The molecule has 0 spiro atoms. The molecule has 2 aromatic heterocycles. The van der Waals surface area contributed by atoms with Crippen LogP contribution in [0, 0.1) is 15.9 Å². The molecule has 38 heavy (non-hydrogen) atoms. The van der Waals surface area contributed by atoms with E-state index < -0.39 is 22.9 Å². The van der Waals surface area contributed by atoms with Gasteiger partial charge in [0.05, 0.1) is 37.7 Å². The molecule has 2 aliphatic heterocycles. The molecule has 4 heterocycles. The van der Waals surface area contributed by atoms with Gasteiger partial charge < -0.3 is 30.0 Å². The lowest BCUT2D eigenvalue weighted by atomic mass is 10.0. The first-order valence-corrected chi connectivity index (χ1v) is 11.7. The van der Waals surface area contributed by atoms with Gasteiger partial charge >= 0.3 is 17.9 Å². The summed E-state index contributed by atoms with van der Waals surface area (Å²) in [5, 5.41) is 22.0. The third-order valence-corrected chi connectivity index (χ3v) is 5.70. The van der Waals surface area contributed by atoms with Gasteiger partial charge in [-0.25, -0.2) is 9.18 Å². The molecule has 2 N–H and O–H groups in total. The first-order chi connectivity index (χ1) is 18.2. The Bertz CT molecular complexity index is 1320. The molecule has 0 saturated carbocycles. The predicted octanol–water partition coefficient (Wildman–Crippen LogP) is 2.42. The number of fused-ring (bicyclic) bond motifs is 1. The van der Waals surface area contributed by atoms with Crippen molar-refractivity contribution in [2.24, 2.45) is 0 Å². The van der Waals surface area contributed by atoms with E-state index in [1.807, 2.05) is 0 Å². The first-order valence-electron chi connectivity index (χ1n) is 11.7. The molecule has 2 aliphatic rings. The molecule has 1 atom stereocenters. The summed E-state index contributed by atoms with van der Waals surface area (Å²) in [6.45, 7) is 2.91. The summed E-state index contributed by atoms with van der Waals surface area (Å²) < 4.78 is 26.5. The number of carbonyl (C=O) groups excluding carboxylic acids is 2. The van der Waals surface area contributed by atoms with Gasteiger partial charge in [0.2, 0.25) is 5.91 Å². The summed E-state index contributed by atoms with van der Waals surface area (Å²) in [4.78, 5) is 41.7. The van der Waals surface area contributed by atoms with Gasteiger partial charge in [-0.15, -0.1) is 0 Å². The number of halogens is 1. The lowest BCUT2D eigenvalue weighted by molar-refractivity contribution is -0.389. The molecule has 0 radical (unpaired) electrons. The van der Waals surface area contributed by atoms with E-state index in [1.54, 1.807) is 28.8 Å². The molecule has 200 valence electrons. The van der Waals surface area contributed by atoms with Crippen molar-refractivity contribution in [3.05, 3.63) is 64.4 Å². The zero-order valence-electron chi connectivity index (χ0n) is 20.4. The van der Waals surface area contributed by atoms with Crippen LogP contribution in [0.5, 0.6) is 6.01 Å². The van der Waals surface area contributed by atoms with Gasteiger partial charge in [-0.3, -0.25) is 19.2 Å². The summed E-state index contributed by atoms with van der Waals surface area (Å²) in [5.74, 6) is -0.864. The third kappa shape index (κ3) is 6.21. The number of aromatic nitrogens is 3. The van der Waals surface area contributed by atoms with Crippen molar-refractivity contribution >= 4 is 23.5 Å². The van der Waals surface area contributed by atoms with Crippen LogP contribution in [-0.2, 0) is 22.7 Å². The number of cyclic esters (lactones) is 1. The number of nitrogens with one attached hydrogen (secondary N) is 1. The highest BCUT2D eigenvalue weighted by Crippen LogP contribution is 2.29. The lowest BCUT2D eigenvalue weighted by Crippen LogP contribution is -2.33. The largest absolute Gasteiger partial charge is 0.446 e. The summed E-state index contributed by atoms with van der Waals surface area (Å²) in [6, 6.07) is 8.05. The number of aliphatic hydroxyl groups is 1. The van der Waals surface area contributed by atoms with Crippen LogP contribution in [0.4, 0.5) is 20.7 Å². The fraction of sp³-hybridized carbons (Fsp3) is 0.333. The van der Waals surface area contributed by atoms with Gasteiger partial charge in [-0.05, 0) is 47.2 Å². The Balaban J connectivity index is 0.000000232. The number of rotatable bonds is 6. The summed E-state index contributed by atoms with van der Waals surface area (Å²) in [6.07, 6.45) is 2.70. The second-order valence-corrected chi connectivity index (χ2v) is 8.45. The normalized spacial score (nSPS) is 16.0. The van der Waals surface area contributed by atoms with Crippen LogP contribution in [0.3, 0.4) is 0 Å². The number of nitrogens with zero attached hydrogens (tertiary/aromatic N) is 5. The minimum absolute atomic E-state index is 0.146. The highest BCUT2D eigenvalue weighted by Gasteiger charge is 2.32. The van der Waals surface area contributed by atoms with E-state index in [2.05, 4.69) is 15.3 Å². The highest BCUT2D eigenvalue weighted by molar-refractivity contribution is 5.90. The molecule has 13 nitrogen and oxygen atoms in total. The Hall–Kier alpha value is -4.59. The van der Waals surface area contributed by atoms with E-state index in [-0.39, 0.29) is 31.4 Å². The van der Waals surface area contributed by atoms with Crippen LogP contribution < -0.4 is 15.0 Å². The molecular weight excluding hydrogens is 503 g/mol. The maximum absolute atomic E-state index is 14.6. The third-order valence-electron chi connectivity index (χ3n) is 5.70. The van der Waals surface area contributed by atoms with Gasteiger partial charge in [-0.2, -0.15) is 0 Å². The Morgan fingerprint density at radius 2 is 2.16 bits per heavy atom. The monoisotopic (exact) mass is 528 g/mol. The number of aryl methyl sites for hydroxylation is 1. The molecule has 14 heteroatoms. The van der Waals surface area contributed by atoms with Crippen LogP contribution >= 0.6 is 0 Å². The molecule has 2 amide bonds. The Kier molecular flexibility index (Phi) is 8.11. The van der Waals surface area contributed by atoms with Crippen molar-refractivity contribution in [2.45, 2.75) is 32.6 Å². The Morgan fingerprint density at radius 3 is 2.84 bits per heavy atom. The fourth-order valence-electron chi connectivity index (χ4n) is 3.88. The molecule has 3 aromatic rings. The van der Waals surface area contributed by atoms with E-state index >= 15 is 0 Å². The van der Waals surface area contributed by atoms with Crippen LogP contribution in [0.1, 0.15) is 19.0 Å². The maximum Gasteiger partial charge on any atom is 0.414 e. The van der Waals surface area contributed by atoms with Crippen molar-refractivity contribution < 1.29 is 33.5 Å². The molecule has 0 aliphatic carbocycles. The number of carbonyl (C=O) groups is 2. The number of amides is 2. The van der Waals surface area contributed by atoms with Crippen LogP contribution in [0.2, 0.25) is 0 Å². The number of imidazole rings is 1. The summed E-state index contributed by atoms with van der Waals surface area (Å²) in [5.41, 5.74) is 1.74. The number of ether oxygens (including phenoxy) is 2. The van der Waals surface area contributed by atoms with Gasteiger partial charge in [0.1, 0.15) is 18.1 Å². The van der Waals surface area contributed by atoms with E-state index in [0.717, 1.165) is 13.0 Å². The van der Waals surface area contributed by atoms with Gasteiger partial charge in [-0.1, -0.05) is 0 Å². The molecule has 1 saturated heterocycles. The van der Waals surface area contributed by atoms with Gasteiger partial charge in [0, 0.05) is 30.2 Å². The zero-order valence-corrected chi connectivity index (χ0v) is 20.4. The number of nitro groups is 1. The SMILES string of the molecule is CC(=O)NCC1CN(c2ccc(-c3ccnc(CO)c3)c(F)c2)C(=O)O1.O=[N+]([O-])c1cn2c(n1)OCCC2.